The maximum Gasteiger partial charge on any atom is 0.141 e. The molecule has 0 aliphatic heterocycles. The fourth-order valence-electron chi connectivity index (χ4n) is 1.57. The van der Waals surface area contributed by atoms with Crippen LogP contribution in [0, 0.1) is 5.82 Å². The average molecular weight is 252 g/mol. The van der Waals surface area contributed by atoms with Crippen molar-refractivity contribution < 1.29 is 4.39 Å². The van der Waals surface area contributed by atoms with E-state index in [9.17, 15) is 4.39 Å². The maximum absolute atomic E-state index is 12.8. The first-order chi connectivity index (χ1) is 8.20. The molecule has 0 aliphatic rings. The van der Waals surface area contributed by atoms with Crippen molar-refractivity contribution in [3.8, 4) is 0 Å². The van der Waals surface area contributed by atoms with Gasteiger partial charge in [0.2, 0.25) is 0 Å². The number of halogens is 2. The van der Waals surface area contributed by atoms with E-state index in [-0.39, 0.29) is 11.9 Å². The lowest BCUT2D eigenvalue weighted by Gasteiger charge is -2.15. The van der Waals surface area contributed by atoms with E-state index < -0.39 is 0 Å². The number of aromatic nitrogens is 1. The van der Waals surface area contributed by atoms with Gasteiger partial charge in [0.1, 0.15) is 5.82 Å². The Balaban J connectivity index is 2.33. The molecule has 2 aromatic rings. The van der Waals surface area contributed by atoms with Crippen molar-refractivity contribution in [3.05, 3.63) is 64.7 Å². The van der Waals surface area contributed by atoms with Crippen LogP contribution in [0.3, 0.4) is 0 Å². The fraction of sp³-hybridized carbons (Fsp3) is 0.0833. The molecule has 0 saturated heterocycles. The summed E-state index contributed by atoms with van der Waals surface area (Å²) < 4.78 is 12.8. The predicted octanol–water partition coefficient (Wildman–Crippen LogP) is 2.43. The van der Waals surface area contributed by atoms with Crippen molar-refractivity contribution in [1.29, 1.82) is 0 Å². The van der Waals surface area contributed by atoms with Gasteiger partial charge in [-0.05, 0) is 29.8 Å². The molecule has 0 bridgehead atoms. The monoisotopic (exact) mass is 251 g/mol. The molecular weight excluding hydrogens is 241 g/mol. The molecule has 0 spiro atoms. The Bertz CT molecular complexity index is 439. The van der Waals surface area contributed by atoms with Crippen molar-refractivity contribution in [2.75, 3.05) is 0 Å². The first-order valence-electron chi connectivity index (χ1n) is 5.04. The van der Waals surface area contributed by atoms with Crippen LogP contribution in [0.5, 0.6) is 0 Å². The van der Waals surface area contributed by atoms with E-state index in [1.165, 1.54) is 6.07 Å². The van der Waals surface area contributed by atoms with E-state index >= 15 is 0 Å². The minimum Gasteiger partial charge on any atom is -0.271 e. The number of nitrogens with two attached hydrogens (primary N) is 1. The number of hydrazine groups is 1. The number of nitrogens with zero attached hydrogens (tertiary/aromatic N) is 1. The second-order valence-corrected chi connectivity index (χ2v) is 3.99. The number of hydrogen-bond acceptors (Lipinski definition) is 3. The van der Waals surface area contributed by atoms with Crippen LogP contribution in [-0.4, -0.2) is 4.98 Å². The number of hydrogen-bond donors (Lipinski definition) is 2. The molecule has 3 N–H and O–H groups in total. The lowest BCUT2D eigenvalue weighted by molar-refractivity contribution is 0.596. The van der Waals surface area contributed by atoms with E-state index in [4.69, 9.17) is 17.4 Å². The molecule has 88 valence electrons. The van der Waals surface area contributed by atoms with E-state index in [2.05, 4.69) is 10.4 Å². The number of nitrogens with one attached hydrogen (secondary N) is 1. The molecule has 1 unspecified atom stereocenters. The van der Waals surface area contributed by atoms with Crippen LogP contribution < -0.4 is 11.3 Å². The number of rotatable bonds is 3. The standard InChI is InChI=1S/C12H11ClFN3/c13-9-3-1-8(2-4-9)12(17-15)11-6-5-10(14)7-16-11/h1-7,12,17H,15H2. The average Bonchev–Trinajstić information content (AvgIpc) is 2.35. The van der Waals surface area contributed by atoms with Gasteiger partial charge in [0.25, 0.3) is 0 Å². The Morgan fingerprint density at radius 1 is 1.18 bits per heavy atom. The third kappa shape index (κ3) is 2.79. The molecular formula is C12H11ClFN3. The van der Waals surface area contributed by atoms with Gasteiger partial charge in [0.05, 0.1) is 17.9 Å². The largest absolute Gasteiger partial charge is 0.271 e. The molecule has 1 heterocycles. The summed E-state index contributed by atoms with van der Waals surface area (Å²) in [6, 6.07) is 9.88. The second-order valence-electron chi connectivity index (χ2n) is 3.55. The van der Waals surface area contributed by atoms with E-state index in [1.807, 2.05) is 12.1 Å². The Morgan fingerprint density at radius 2 is 1.88 bits per heavy atom. The first kappa shape index (κ1) is 12.0. The molecule has 0 aliphatic carbocycles. The van der Waals surface area contributed by atoms with Crippen LogP contribution in [0.2, 0.25) is 5.02 Å². The van der Waals surface area contributed by atoms with Gasteiger partial charge < -0.3 is 0 Å². The van der Waals surface area contributed by atoms with Crippen LogP contribution in [0.4, 0.5) is 4.39 Å². The molecule has 1 aromatic heterocycles. The summed E-state index contributed by atoms with van der Waals surface area (Å²) in [7, 11) is 0. The topological polar surface area (TPSA) is 50.9 Å². The van der Waals surface area contributed by atoms with Crippen molar-refractivity contribution in [2.45, 2.75) is 6.04 Å². The summed E-state index contributed by atoms with van der Waals surface area (Å²) in [6.07, 6.45) is 1.16. The Kier molecular flexibility index (Phi) is 3.68. The predicted molar refractivity (Wildman–Crippen MR) is 64.8 cm³/mol. The zero-order chi connectivity index (χ0) is 12.3. The first-order valence-corrected chi connectivity index (χ1v) is 5.41. The molecule has 5 heteroatoms. The van der Waals surface area contributed by atoms with Crippen molar-refractivity contribution in [3.63, 3.8) is 0 Å². The highest BCUT2D eigenvalue weighted by molar-refractivity contribution is 6.30. The molecule has 0 radical (unpaired) electrons. The summed E-state index contributed by atoms with van der Waals surface area (Å²) in [5, 5.41) is 0.650. The fourth-order valence-corrected chi connectivity index (χ4v) is 1.69. The minimum absolute atomic E-state index is 0.284. The molecule has 1 aromatic carbocycles. The zero-order valence-electron chi connectivity index (χ0n) is 8.90. The minimum atomic E-state index is -0.374. The lowest BCUT2D eigenvalue weighted by Crippen LogP contribution is -2.29. The quantitative estimate of drug-likeness (QED) is 0.651. The third-order valence-electron chi connectivity index (χ3n) is 2.42. The smallest absolute Gasteiger partial charge is 0.141 e. The lowest BCUT2D eigenvalue weighted by atomic mass is 10.0. The summed E-state index contributed by atoms with van der Waals surface area (Å²) in [6.45, 7) is 0. The summed E-state index contributed by atoms with van der Waals surface area (Å²) in [5.41, 5.74) is 4.21. The summed E-state index contributed by atoms with van der Waals surface area (Å²) >= 11 is 5.81. The molecule has 0 saturated carbocycles. The number of pyridine rings is 1. The highest BCUT2D eigenvalue weighted by Crippen LogP contribution is 2.21. The van der Waals surface area contributed by atoms with Crippen LogP contribution in [0.25, 0.3) is 0 Å². The van der Waals surface area contributed by atoms with Crippen LogP contribution in [0.1, 0.15) is 17.3 Å². The van der Waals surface area contributed by atoms with E-state index in [1.54, 1.807) is 18.2 Å². The zero-order valence-corrected chi connectivity index (χ0v) is 9.66. The van der Waals surface area contributed by atoms with E-state index in [0.717, 1.165) is 11.8 Å². The molecule has 3 nitrogen and oxygen atoms in total. The maximum atomic E-state index is 12.8. The van der Waals surface area contributed by atoms with Crippen LogP contribution in [0.15, 0.2) is 42.6 Å². The van der Waals surface area contributed by atoms with Crippen LogP contribution >= 0.6 is 11.6 Å². The van der Waals surface area contributed by atoms with Gasteiger partial charge in [-0.3, -0.25) is 10.8 Å². The van der Waals surface area contributed by atoms with Gasteiger partial charge in [-0.1, -0.05) is 23.7 Å². The van der Waals surface area contributed by atoms with Gasteiger partial charge in [0.15, 0.2) is 0 Å². The van der Waals surface area contributed by atoms with Gasteiger partial charge >= 0.3 is 0 Å². The number of benzene rings is 1. The summed E-state index contributed by atoms with van der Waals surface area (Å²) in [5.74, 6) is 5.12. The van der Waals surface area contributed by atoms with Gasteiger partial charge in [-0.25, -0.2) is 9.82 Å². The molecule has 1 atom stereocenters. The highest BCUT2D eigenvalue weighted by atomic mass is 35.5. The highest BCUT2D eigenvalue weighted by Gasteiger charge is 2.13. The van der Waals surface area contributed by atoms with Crippen molar-refractivity contribution in [1.82, 2.24) is 10.4 Å². The third-order valence-corrected chi connectivity index (χ3v) is 2.67. The van der Waals surface area contributed by atoms with Crippen molar-refractivity contribution >= 4 is 11.6 Å². The molecule has 0 amide bonds. The SMILES string of the molecule is NNC(c1ccc(Cl)cc1)c1ccc(F)cn1. The van der Waals surface area contributed by atoms with Crippen LogP contribution in [-0.2, 0) is 0 Å². The molecule has 0 fully saturated rings. The Labute approximate surface area is 103 Å². The molecule has 17 heavy (non-hydrogen) atoms. The normalized spacial score (nSPS) is 12.4. The van der Waals surface area contributed by atoms with Gasteiger partial charge in [-0.2, -0.15) is 0 Å². The Hall–Kier alpha value is -1.49. The van der Waals surface area contributed by atoms with Crippen molar-refractivity contribution in [2.24, 2.45) is 5.84 Å². The van der Waals surface area contributed by atoms with E-state index in [0.29, 0.717) is 10.7 Å². The van der Waals surface area contributed by atoms with Gasteiger partial charge in [-0.15, -0.1) is 0 Å². The Morgan fingerprint density at radius 3 is 2.41 bits per heavy atom. The summed E-state index contributed by atoms with van der Waals surface area (Å²) in [4.78, 5) is 4.00. The second kappa shape index (κ2) is 5.23. The van der Waals surface area contributed by atoms with Gasteiger partial charge in [0, 0.05) is 5.02 Å². The molecule has 2 rings (SSSR count).